The molecular formula is C21H30N2O2. The summed E-state index contributed by atoms with van der Waals surface area (Å²) in [5.41, 5.74) is 2.83. The maximum atomic E-state index is 12.6. The maximum Gasteiger partial charge on any atom is 0.225 e. The topological polar surface area (TPSA) is 49.4 Å². The van der Waals surface area contributed by atoms with E-state index >= 15 is 0 Å². The van der Waals surface area contributed by atoms with Gasteiger partial charge in [-0.3, -0.25) is 9.59 Å². The standard InChI is InChI=1S/C21H30N2O2/c1-15(2)21(25)23-12-6-10-18(14-23)20(24)22-13-17-9-5-8-16-7-3-4-11-19(16)17/h3-4,7,11,15,17-18H,5-6,8-10,12-14H2,1-2H3,(H,22,24)/t17-,18-/m1/s1. The molecule has 1 aliphatic carbocycles. The van der Waals surface area contributed by atoms with Crippen molar-refractivity contribution in [2.24, 2.45) is 11.8 Å². The Hall–Kier alpha value is -1.84. The first-order valence-corrected chi connectivity index (χ1v) is 9.70. The minimum atomic E-state index is -0.0599. The number of hydrogen-bond donors (Lipinski definition) is 1. The first-order chi connectivity index (χ1) is 12.1. The van der Waals surface area contributed by atoms with Crippen LogP contribution in [0.2, 0.25) is 0 Å². The zero-order valence-electron chi connectivity index (χ0n) is 15.5. The molecule has 1 saturated heterocycles. The van der Waals surface area contributed by atoms with E-state index in [1.807, 2.05) is 18.7 Å². The first-order valence-electron chi connectivity index (χ1n) is 9.70. The summed E-state index contributed by atoms with van der Waals surface area (Å²) in [7, 11) is 0. The Labute approximate surface area is 151 Å². The van der Waals surface area contributed by atoms with Gasteiger partial charge in [-0.2, -0.15) is 0 Å². The van der Waals surface area contributed by atoms with Crippen molar-refractivity contribution in [2.75, 3.05) is 19.6 Å². The largest absolute Gasteiger partial charge is 0.355 e. The van der Waals surface area contributed by atoms with Crippen LogP contribution >= 0.6 is 0 Å². The van der Waals surface area contributed by atoms with Crippen molar-refractivity contribution in [3.63, 3.8) is 0 Å². The van der Waals surface area contributed by atoms with E-state index < -0.39 is 0 Å². The van der Waals surface area contributed by atoms with Gasteiger partial charge in [0.2, 0.25) is 11.8 Å². The Morgan fingerprint density at radius 2 is 2.00 bits per heavy atom. The number of piperidine rings is 1. The SMILES string of the molecule is CC(C)C(=O)N1CCC[C@@H](C(=O)NC[C@H]2CCCc3ccccc32)C1. The summed E-state index contributed by atoms with van der Waals surface area (Å²) >= 11 is 0. The number of nitrogens with one attached hydrogen (secondary N) is 1. The molecule has 0 radical (unpaired) electrons. The van der Waals surface area contributed by atoms with E-state index in [4.69, 9.17) is 0 Å². The number of aryl methyl sites for hydroxylation is 1. The van der Waals surface area contributed by atoms with Crippen molar-refractivity contribution >= 4 is 11.8 Å². The van der Waals surface area contributed by atoms with Gasteiger partial charge in [-0.25, -0.2) is 0 Å². The second-order valence-corrected chi connectivity index (χ2v) is 7.81. The molecule has 0 unspecified atom stereocenters. The van der Waals surface area contributed by atoms with Gasteiger partial charge in [0, 0.05) is 31.5 Å². The molecule has 25 heavy (non-hydrogen) atoms. The fourth-order valence-electron chi connectivity index (χ4n) is 4.19. The van der Waals surface area contributed by atoms with Gasteiger partial charge in [0.15, 0.2) is 0 Å². The zero-order chi connectivity index (χ0) is 17.8. The van der Waals surface area contributed by atoms with E-state index in [9.17, 15) is 9.59 Å². The van der Waals surface area contributed by atoms with E-state index in [0.29, 0.717) is 19.0 Å². The second-order valence-electron chi connectivity index (χ2n) is 7.81. The summed E-state index contributed by atoms with van der Waals surface area (Å²) in [6, 6.07) is 8.60. The number of carbonyl (C=O) groups is 2. The first kappa shape index (κ1) is 18.0. The predicted octanol–water partition coefficient (Wildman–Crippen LogP) is 3.12. The Morgan fingerprint density at radius 3 is 2.80 bits per heavy atom. The molecule has 2 aliphatic rings. The minimum absolute atomic E-state index is 0.000511. The molecule has 136 valence electrons. The number of carbonyl (C=O) groups excluding carboxylic acids is 2. The number of likely N-dealkylation sites (tertiary alicyclic amines) is 1. The summed E-state index contributed by atoms with van der Waals surface area (Å²) in [4.78, 5) is 26.7. The molecule has 4 nitrogen and oxygen atoms in total. The number of fused-ring (bicyclic) bond motifs is 1. The van der Waals surface area contributed by atoms with Gasteiger partial charge < -0.3 is 10.2 Å². The fourth-order valence-corrected chi connectivity index (χ4v) is 4.19. The molecule has 2 atom stereocenters. The van der Waals surface area contributed by atoms with Crippen LogP contribution in [0.15, 0.2) is 24.3 Å². The van der Waals surface area contributed by atoms with Crippen molar-refractivity contribution in [2.45, 2.75) is 51.9 Å². The molecule has 3 rings (SSSR count). The van der Waals surface area contributed by atoms with Crippen LogP contribution in [-0.2, 0) is 16.0 Å². The summed E-state index contributed by atoms with van der Waals surface area (Å²) in [6.07, 6.45) is 5.28. The third-order valence-electron chi connectivity index (χ3n) is 5.61. The highest BCUT2D eigenvalue weighted by molar-refractivity contribution is 5.82. The predicted molar refractivity (Wildman–Crippen MR) is 99.3 cm³/mol. The number of hydrogen-bond acceptors (Lipinski definition) is 2. The van der Waals surface area contributed by atoms with Crippen LogP contribution in [0.3, 0.4) is 0 Å². The van der Waals surface area contributed by atoms with Crippen LogP contribution in [-0.4, -0.2) is 36.3 Å². The van der Waals surface area contributed by atoms with E-state index in [-0.39, 0.29) is 23.7 Å². The van der Waals surface area contributed by atoms with Gasteiger partial charge >= 0.3 is 0 Å². The lowest BCUT2D eigenvalue weighted by Crippen LogP contribution is -2.47. The lowest BCUT2D eigenvalue weighted by Gasteiger charge is -2.33. The molecule has 0 spiro atoms. The highest BCUT2D eigenvalue weighted by Crippen LogP contribution is 2.31. The van der Waals surface area contributed by atoms with Gasteiger partial charge in [-0.05, 0) is 43.2 Å². The third-order valence-corrected chi connectivity index (χ3v) is 5.61. The van der Waals surface area contributed by atoms with E-state index in [1.165, 1.54) is 17.5 Å². The average molecular weight is 342 g/mol. The van der Waals surface area contributed by atoms with Gasteiger partial charge in [0.1, 0.15) is 0 Å². The van der Waals surface area contributed by atoms with Crippen LogP contribution < -0.4 is 5.32 Å². The highest BCUT2D eigenvalue weighted by Gasteiger charge is 2.30. The van der Waals surface area contributed by atoms with Gasteiger partial charge in [0.05, 0.1) is 5.92 Å². The lowest BCUT2D eigenvalue weighted by molar-refractivity contribution is -0.138. The Balaban J connectivity index is 1.55. The molecular weight excluding hydrogens is 312 g/mol. The monoisotopic (exact) mass is 342 g/mol. The van der Waals surface area contributed by atoms with Gasteiger partial charge in [0.25, 0.3) is 0 Å². The molecule has 0 aromatic heterocycles. The van der Waals surface area contributed by atoms with Crippen LogP contribution in [0, 0.1) is 11.8 Å². The zero-order valence-corrected chi connectivity index (χ0v) is 15.5. The van der Waals surface area contributed by atoms with E-state index in [1.54, 1.807) is 0 Å². The van der Waals surface area contributed by atoms with E-state index in [2.05, 4.69) is 29.6 Å². The second kappa shape index (κ2) is 8.03. The molecule has 4 heteroatoms. The van der Waals surface area contributed by atoms with Crippen molar-refractivity contribution in [3.8, 4) is 0 Å². The van der Waals surface area contributed by atoms with Crippen molar-refractivity contribution in [3.05, 3.63) is 35.4 Å². The molecule has 2 amide bonds. The number of rotatable bonds is 4. The molecule has 1 aliphatic heterocycles. The van der Waals surface area contributed by atoms with Crippen LogP contribution in [0.5, 0.6) is 0 Å². The van der Waals surface area contributed by atoms with Crippen LogP contribution in [0.4, 0.5) is 0 Å². The molecule has 0 saturated carbocycles. The summed E-state index contributed by atoms with van der Waals surface area (Å²) < 4.78 is 0. The lowest BCUT2D eigenvalue weighted by atomic mass is 9.82. The van der Waals surface area contributed by atoms with Gasteiger partial charge in [-0.15, -0.1) is 0 Å². The Kier molecular flexibility index (Phi) is 5.77. The summed E-state index contributed by atoms with van der Waals surface area (Å²) in [5, 5.41) is 3.17. The molecule has 1 aromatic carbocycles. The van der Waals surface area contributed by atoms with E-state index in [0.717, 1.165) is 32.2 Å². The maximum absolute atomic E-state index is 12.6. The molecule has 1 heterocycles. The summed E-state index contributed by atoms with van der Waals surface area (Å²) in [5.74, 6) is 0.643. The highest BCUT2D eigenvalue weighted by atomic mass is 16.2. The fraction of sp³-hybridized carbons (Fsp3) is 0.619. The number of amides is 2. The van der Waals surface area contributed by atoms with Crippen molar-refractivity contribution in [1.29, 1.82) is 0 Å². The smallest absolute Gasteiger partial charge is 0.225 e. The molecule has 1 N–H and O–H groups in total. The van der Waals surface area contributed by atoms with Crippen molar-refractivity contribution < 1.29 is 9.59 Å². The minimum Gasteiger partial charge on any atom is -0.355 e. The normalized spacial score (nSPS) is 23.2. The Morgan fingerprint density at radius 1 is 1.20 bits per heavy atom. The quantitative estimate of drug-likeness (QED) is 0.914. The molecule has 0 bridgehead atoms. The molecule has 1 fully saturated rings. The number of benzene rings is 1. The Bertz CT molecular complexity index is 626. The third kappa shape index (κ3) is 4.23. The summed E-state index contributed by atoms with van der Waals surface area (Å²) in [6.45, 7) is 5.92. The number of nitrogens with zero attached hydrogens (tertiary/aromatic N) is 1. The van der Waals surface area contributed by atoms with Gasteiger partial charge in [-0.1, -0.05) is 38.1 Å². The van der Waals surface area contributed by atoms with Crippen LogP contribution in [0.1, 0.15) is 56.6 Å². The average Bonchev–Trinajstić information content (AvgIpc) is 2.65. The van der Waals surface area contributed by atoms with Crippen LogP contribution in [0.25, 0.3) is 0 Å². The molecule has 1 aromatic rings. The van der Waals surface area contributed by atoms with Crippen molar-refractivity contribution in [1.82, 2.24) is 10.2 Å².